The molecule has 0 amide bonds. The lowest BCUT2D eigenvalue weighted by Crippen LogP contribution is -2.22. The smallest absolute Gasteiger partial charge is 0.324 e. The van der Waals surface area contributed by atoms with E-state index in [4.69, 9.17) is 9.47 Å². The third kappa shape index (κ3) is 6.17. The number of benzene rings is 2. The van der Waals surface area contributed by atoms with E-state index in [1.807, 2.05) is 31.2 Å². The van der Waals surface area contributed by atoms with Gasteiger partial charge in [-0.15, -0.1) is 17.7 Å². The van der Waals surface area contributed by atoms with Gasteiger partial charge in [-0.2, -0.15) is 0 Å². The number of hydrogen-bond acceptors (Lipinski definition) is 4. The van der Waals surface area contributed by atoms with Gasteiger partial charge in [0, 0.05) is 4.90 Å². The Kier molecular flexibility index (Phi) is 7.36. The minimum Gasteiger partial charge on any atom is -0.481 e. The fraction of sp³-hybridized carbons (Fsp3) is 0.250. The van der Waals surface area contributed by atoms with Crippen LogP contribution in [0.1, 0.15) is 20.3 Å². The molecule has 2 aromatic carbocycles. The van der Waals surface area contributed by atoms with Gasteiger partial charge >= 0.3 is 5.97 Å². The van der Waals surface area contributed by atoms with E-state index in [9.17, 15) is 9.18 Å². The molecule has 5 heteroatoms. The Balaban J connectivity index is 1.94. The highest BCUT2D eigenvalue weighted by Crippen LogP contribution is 2.28. The van der Waals surface area contributed by atoms with Gasteiger partial charge in [0.05, 0.1) is 0 Å². The molecule has 2 aromatic rings. The average molecular weight is 358 g/mol. The highest BCUT2D eigenvalue weighted by Gasteiger charge is 2.20. The topological polar surface area (TPSA) is 35.5 Å². The van der Waals surface area contributed by atoms with Crippen LogP contribution < -0.4 is 9.47 Å². The Bertz CT molecular complexity index is 745. The van der Waals surface area contributed by atoms with Crippen molar-refractivity contribution in [3.63, 3.8) is 0 Å². The Morgan fingerprint density at radius 1 is 1.12 bits per heavy atom. The first-order chi connectivity index (χ1) is 12.1. The summed E-state index contributed by atoms with van der Waals surface area (Å²) in [6.45, 7) is 4.04. The summed E-state index contributed by atoms with van der Waals surface area (Å²) in [4.78, 5) is 13.2. The molecular weight excluding hydrogens is 339 g/mol. The van der Waals surface area contributed by atoms with Gasteiger partial charge in [-0.25, -0.2) is 4.39 Å². The van der Waals surface area contributed by atoms with Crippen molar-refractivity contribution < 1.29 is 18.7 Å². The minimum absolute atomic E-state index is 0.339. The van der Waals surface area contributed by atoms with Crippen LogP contribution in [0.25, 0.3) is 0 Å². The zero-order valence-corrected chi connectivity index (χ0v) is 14.9. The Morgan fingerprint density at radius 3 is 2.36 bits per heavy atom. The quantitative estimate of drug-likeness (QED) is 0.311. The normalized spacial score (nSPS) is 11.2. The Labute approximate surface area is 151 Å². The van der Waals surface area contributed by atoms with E-state index < -0.39 is 0 Å². The summed E-state index contributed by atoms with van der Waals surface area (Å²) in [6.07, 6.45) is 0.620. The van der Waals surface area contributed by atoms with Gasteiger partial charge in [-0.05, 0) is 61.9 Å². The van der Waals surface area contributed by atoms with Crippen LogP contribution in [0.5, 0.6) is 11.5 Å². The van der Waals surface area contributed by atoms with E-state index in [-0.39, 0.29) is 17.0 Å². The van der Waals surface area contributed by atoms with Gasteiger partial charge in [0.1, 0.15) is 29.2 Å². The van der Waals surface area contributed by atoms with Crippen LogP contribution in [0.3, 0.4) is 0 Å². The molecule has 0 heterocycles. The molecule has 0 saturated carbocycles. The SMILES string of the molecule is CC#CCOc1ccc(SC(CC)C(=O)Oc2ccc(F)cc2)cc1. The maximum absolute atomic E-state index is 12.9. The Hall–Kier alpha value is -2.45. The maximum atomic E-state index is 12.9. The van der Waals surface area contributed by atoms with Crippen LogP contribution in [0.4, 0.5) is 4.39 Å². The molecular formula is C20H19FO3S. The fourth-order valence-electron chi connectivity index (χ4n) is 1.95. The number of rotatable bonds is 7. The lowest BCUT2D eigenvalue weighted by molar-refractivity contribution is -0.133. The molecule has 0 aliphatic carbocycles. The molecule has 0 aromatic heterocycles. The predicted molar refractivity (Wildman–Crippen MR) is 97.4 cm³/mol. The lowest BCUT2D eigenvalue weighted by atomic mass is 10.3. The van der Waals surface area contributed by atoms with Gasteiger partial charge < -0.3 is 9.47 Å². The molecule has 0 saturated heterocycles. The second kappa shape index (κ2) is 9.75. The van der Waals surface area contributed by atoms with Crippen molar-refractivity contribution >= 4 is 17.7 Å². The molecule has 2 rings (SSSR count). The first-order valence-corrected chi connectivity index (χ1v) is 8.76. The highest BCUT2D eigenvalue weighted by atomic mass is 32.2. The number of hydrogen-bond donors (Lipinski definition) is 0. The van der Waals surface area contributed by atoms with Crippen LogP contribution in [0, 0.1) is 17.7 Å². The van der Waals surface area contributed by atoms with Crippen molar-refractivity contribution in [2.45, 2.75) is 30.4 Å². The number of thioether (sulfide) groups is 1. The summed E-state index contributed by atoms with van der Waals surface area (Å²) in [5, 5.41) is -0.345. The molecule has 0 radical (unpaired) electrons. The zero-order chi connectivity index (χ0) is 18.1. The number of carbonyl (C=O) groups excluding carboxylic acids is 1. The van der Waals surface area contributed by atoms with Crippen molar-refractivity contribution in [3.05, 3.63) is 54.3 Å². The molecule has 0 fully saturated rings. The van der Waals surface area contributed by atoms with Gasteiger partial charge in [0.2, 0.25) is 0 Å². The van der Waals surface area contributed by atoms with Crippen LogP contribution >= 0.6 is 11.8 Å². The third-order valence-electron chi connectivity index (χ3n) is 3.26. The summed E-state index contributed by atoms with van der Waals surface area (Å²) >= 11 is 1.42. The van der Waals surface area contributed by atoms with Crippen molar-refractivity contribution in [3.8, 4) is 23.3 Å². The number of ether oxygens (including phenoxy) is 2. The first-order valence-electron chi connectivity index (χ1n) is 7.88. The van der Waals surface area contributed by atoms with Crippen LogP contribution in [-0.4, -0.2) is 17.8 Å². The van der Waals surface area contributed by atoms with E-state index in [1.165, 1.54) is 36.0 Å². The molecule has 0 spiro atoms. The molecule has 1 unspecified atom stereocenters. The van der Waals surface area contributed by atoms with Crippen molar-refractivity contribution in [2.24, 2.45) is 0 Å². The zero-order valence-electron chi connectivity index (χ0n) is 14.1. The van der Waals surface area contributed by atoms with Gasteiger partial charge in [0.15, 0.2) is 0 Å². The molecule has 0 aliphatic rings. The maximum Gasteiger partial charge on any atom is 0.324 e. The summed E-state index contributed by atoms with van der Waals surface area (Å²) in [7, 11) is 0. The summed E-state index contributed by atoms with van der Waals surface area (Å²) in [5.41, 5.74) is 0. The van der Waals surface area contributed by atoms with Crippen LogP contribution in [-0.2, 0) is 4.79 Å². The molecule has 1 atom stereocenters. The van der Waals surface area contributed by atoms with Crippen LogP contribution in [0.15, 0.2) is 53.4 Å². The van der Waals surface area contributed by atoms with Gasteiger partial charge in [-0.3, -0.25) is 4.79 Å². The summed E-state index contributed by atoms with van der Waals surface area (Å²) < 4.78 is 23.7. The van der Waals surface area contributed by atoms with Gasteiger partial charge in [-0.1, -0.05) is 12.8 Å². The second-order valence-electron chi connectivity index (χ2n) is 5.08. The molecule has 0 bridgehead atoms. The predicted octanol–water partition coefficient (Wildman–Crippen LogP) is 4.70. The lowest BCUT2D eigenvalue weighted by Gasteiger charge is -2.14. The molecule has 0 aliphatic heterocycles. The summed E-state index contributed by atoms with van der Waals surface area (Å²) in [6, 6.07) is 12.9. The van der Waals surface area contributed by atoms with E-state index in [0.29, 0.717) is 18.8 Å². The van der Waals surface area contributed by atoms with Crippen molar-refractivity contribution in [1.29, 1.82) is 0 Å². The van der Waals surface area contributed by atoms with E-state index in [0.717, 1.165) is 10.6 Å². The monoisotopic (exact) mass is 358 g/mol. The average Bonchev–Trinajstić information content (AvgIpc) is 2.63. The highest BCUT2D eigenvalue weighted by molar-refractivity contribution is 8.00. The summed E-state index contributed by atoms with van der Waals surface area (Å²) in [5.74, 6) is 5.95. The Morgan fingerprint density at radius 2 is 1.76 bits per heavy atom. The molecule has 130 valence electrons. The molecule has 0 N–H and O–H groups in total. The van der Waals surface area contributed by atoms with E-state index >= 15 is 0 Å². The number of halogens is 1. The molecule has 25 heavy (non-hydrogen) atoms. The fourth-order valence-corrected chi connectivity index (χ4v) is 2.89. The first kappa shape index (κ1) is 18.9. The third-order valence-corrected chi connectivity index (χ3v) is 4.61. The second-order valence-corrected chi connectivity index (χ2v) is 6.35. The van der Waals surface area contributed by atoms with Crippen molar-refractivity contribution in [2.75, 3.05) is 6.61 Å². The number of esters is 1. The standard InChI is InChI=1S/C20H19FO3S/c1-3-5-14-23-16-10-12-18(13-11-16)25-19(4-2)20(22)24-17-8-6-15(21)7-9-17/h6-13,19H,4,14H2,1-2H3. The minimum atomic E-state index is -0.367. The largest absolute Gasteiger partial charge is 0.481 e. The van der Waals surface area contributed by atoms with E-state index in [2.05, 4.69) is 11.8 Å². The van der Waals surface area contributed by atoms with Gasteiger partial charge in [0.25, 0.3) is 0 Å². The number of carbonyl (C=O) groups is 1. The van der Waals surface area contributed by atoms with Crippen LogP contribution in [0.2, 0.25) is 0 Å². The molecule has 3 nitrogen and oxygen atoms in total. The van der Waals surface area contributed by atoms with Crippen molar-refractivity contribution in [1.82, 2.24) is 0 Å². The van der Waals surface area contributed by atoms with E-state index in [1.54, 1.807) is 6.92 Å².